The number of aromatic nitrogens is 4. The topological polar surface area (TPSA) is 107 Å². The number of hydrogen-bond acceptors (Lipinski definition) is 8. The third kappa shape index (κ3) is 2.76. The lowest BCUT2D eigenvalue weighted by atomic mass is 10.2. The molecule has 0 aliphatic carbocycles. The molecule has 0 saturated carbocycles. The smallest absolute Gasteiger partial charge is 0.322 e. The molecule has 0 saturated heterocycles. The van der Waals surface area contributed by atoms with Gasteiger partial charge in [-0.05, 0) is 19.1 Å². The van der Waals surface area contributed by atoms with Gasteiger partial charge in [-0.15, -0.1) is 16.4 Å². The molecule has 1 amide bonds. The largest absolute Gasteiger partial charge is 0.401 e. The summed E-state index contributed by atoms with van der Waals surface area (Å²) in [5.74, 6) is -0.0553. The van der Waals surface area contributed by atoms with Crippen molar-refractivity contribution in [1.82, 2.24) is 20.3 Å². The van der Waals surface area contributed by atoms with Crippen molar-refractivity contribution in [2.75, 3.05) is 5.32 Å². The molecular formula is C15H11N5O3S. The molecule has 0 bridgehead atoms. The van der Waals surface area contributed by atoms with Gasteiger partial charge in [0.2, 0.25) is 5.91 Å². The van der Waals surface area contributed by atoms with E-state index in [1.807, 2.05) is 30.5 Å². The predicted octanol–water partition coefficient (Wildman–Crippen LogP) is 2.82. The summed E-state index contributed by atoms with van der Waals surface area (Å²) in [6, 6.07) is 7.38. The number of nitrogens with zero attached hydrogens (tertiary/aromatic N) is 4. The molecule has 4 aromatic rings. The number of thiazole rings is 1. The molecule has 0 spiro atoms. The normalized spacial score (nSPS) is 11.0. The highest BCUT2D eigenvalue weighted by Gasteiger charge is 2.16. The Morgan fingerprint density at radius 1 is 1.29 bits per heavy atom. The summed E-state index contributed by atoms with van der Waals surface area (Å²) in [5, 5.41) is 17.7. The molecule has 3 aromatic heterocycles. The van der Waals surface area contributed by atoms with Gasteiger partial charge in [-0.3, -0.25) is 10.1 Å². The zero-order valence-electron chi connectivity index (χ0n) is 12.5. The van der Waals surface area contributed by atoms with Crippen molar-refractivity contribution in [3.05, 3.63) is 40.3 Å². The van der Waals surface area contributed by atoms with Crippen molar-refractivity contribution in [1.29, 1.82) is 0 Å². The number of para-hydroxylation sites is 1. The second-order valence-electron chi connectivity index (χ2n) is 5.01. The Balaban J connectivity index is 1.47. The Hall–Kier alpha value is -3.07. The van der Waals surface area contributed by atoms with Crippen LogP contribution in [0.3, 0.4) is 0 Å². The molecule has 0 fully saturated rings. The highest BCUT2D eigenvalue weighted by atomic mass is 32.1. The van der Waals surface area contributed by atoms with E-state index in [1.165, 1.54) is 11.3 Å². The fourth-order valence-electron chi connectivity index (χ4n) is 2.22. The first kappa shape index (κ1) is 14.5. The van der Waals surface area contributed by atoms with E-state index >= 15 is 0 Å². The van der Waals surface area contributed by atoms with E-state index in [2.05, 4.69) is 25.7 Å². The SMILES string of the molecule is Cc1nc(-c2nnc(NC(=O)Cc3noc4ccccc34)o2)cs1. The van der Waals surface area contributed by atoms with Gasteiger partial charge in [-0.2, -0.15) is 0 Å². The van der Waals surface area contributed by atoms with Gasteiger partial charge < -0.3 is 8.94 Å². The second-order valence-corrected chi connectivity index (χ2v) is 6.08. The first-order valence-corrected chi connectivity index (χ1v) is 7.96. The molecule has 1 N–H and O–H groups in total. The molecule has 0 atom stereocenters. The molecule has 8 nitrogen and oxygen atoms in total. The minimum atomic E-state index is -0.321. The third-order valence-corrected chi connectivity index (χ3v) is 4.06. The molecule has 120 valence electrons. The number of aryl methyl sites for hydroxylation is 1. The molecule has 3 heterocycles. The highest BCUT2D eigenvalue weighted by molar-refractivity contribution is 7.09. The van der Waals surface area contributed by atoms with Gasteiger partial charge in [0.05, 0.1) is 11.4 Å². The van der Waals surface area contributed by atoms with Crippen LogP contribution in [0.2, 0.25) is 0 Å². The fraction of sp³-hybridized carbons (Fsp3) is 0.133. The molecule has 0 aliphatic rings. The average Bonchev–Trinajstić information content (AvgIpc) is 3.28. The summed E-state index contributed by atoms with van der Waals surface area (Å²) in [6.07, 6.45) is 0.0462. The minimum absolute atomic E-state index is 0.0217. The maximum Gasteiger partial charge on any atom is 0.322 e. The van der Waals surface area contributed by atoms with E-state index in [0.717, 1.165) is 10.4 Å². The van der Waals surface area contributed by atoms with Gasteiger partial charge in [0.25, 0.3) is 5.89 Å². The Kier molecular flexibility index (Phi) is 3.54. The molecule has 0 aliphatic heterocycles. The van der Waals surface area contributed by atoms with Crippen LogP contribution in [0.1, 0.15) is 10.7 Å². The maximum absolute atomic E-state index is 12.1. The molecule has 24 heavy (non-hydrogen) atoms. The van der Waals surface area contributed by atoms with Crippen LogP contribution >= 0.6 is 11.3 Å². The van der Waals surface area contributed by atoms with Crippen LogP contribution in [0, 0.1) is 6.92 Å². The standard InChI is InChI=1S/C15H11N5O3S/c1-8-16-11(7-24-8)14-18-19-15(22-14)17-13(21)6-10-9-4-2-3-5-12(9)23-20-10/h2-5,7H,6H2,1H3,(H,17,19,21). The van der Waals surface area contributed by atoms with E-state index in [9.17, 15) is 4.79 Å². The number of carbonyl (C=O) groups excluding carboxylic acids is 1. The maximum atomic E-state index is 12.1. The summed E-state index contributed by atoms with van der Waals surface area (Å²) in [5.41, 5.74) is 1.78. The van der Waals surface area contributed by atoms with E-state index < -0.39 is 0 Å². The van der Waals surface area contributed by atoms with Crippen LogP contribution in [0.4, 0.5) is 6.01 Å². The van der Waals surface area contributed by atoms with E-state index in [0.29, 0.717) is 17.0 Å². The molecule has 4 rings (SSSR count). The molecule has 0 radical (unpaired) electrons. The van der Waals surface area contributed by atoms with Crippen LogP contribution < -0.4 is 5.32 Å². The summed E-state index contributed by atoms with van der Waals surface area (Å²) in [4.78, 5) is 16.4. The van der Waals surface area contributed by atoms with Gasteiger partial charge in [-0.25, -0.2) is 4.98 Å². The summed E-state index contributed by atoms with van der Waals surface area (Å²) in [7, 11) is 0. The van der Waals surface area contributed by atoms with Crippen molar-refractivity contribution >= 4 is 34.2 Å². The summed E-state index contributed by atoms with van der Waals surface area (Å²) >= 11 is 1.48. The van der Waals surface area contributed by atoms with Gasteiger partial charge in [0.15, 0.2) is 5.58 Å². The summed E-state index contributed by atoms with van der Waals surface area (Å²) in [6.45, 7) is 1.88. The van der Waals surface area contributed by atoms with Crippen LogP contribution in [0.25, 0.3) is 22.6 Å². The lowest BCUT2D eigenvalue weighted by molar-refractivity contribution is -0.115. The minimum Gasteiger partial charge on any atom is -0.401 e. The number of anilines is 1. The molecule has 1 aromatic carbocycles. The van der Waals surface area contributed by atoms with Crippen molar-refractivity contribution in [2.45, 2.75) is 13.3 Å². The Morgan fingerprint density at radius 3 is 3.00 bits per heavy atom. The predicted molar refractivity (Wildman–Crippen MR) is 86.5 cm³/mol. The first-order valence-electron chi connectivity index (χ1n) is 7.08. The van der Waals surface area contributed by atoms with Crippen LogP contribution in [0.15, 0.2) is 38.6 Å². The van der Waals surface area contributed by atoms with Crippen LogP contribution in [-0.4, -0.2) is 26.2 Å². The molecule has 9 heteroatoms. The molecular weight excluding hydrogens is 330 g/mol. The highest BCUT2D eigenvalue weighted by Crippen LogP contribution is 2.22. The summed E-state index contributed by atoms with van der Waals surface area (Å²) < 4.78 is 10.6. The second kappa shape index (κ2) is 5.85. The van der Waals surface area contributed by atoms with Gasteiger partial charge >= 0.3 is 6.01 Å². The monoisotopic (exact) mass is 341 g/mol. The van der Waals surface area contributed by atoms with E-state index in [1.54, 1.807) is 6.07 Å². The Labute approximate surface area is 139 Å². The Bertz CT molecular complexity index is 1020. The van der Waals surface area contributed by atoms with Gasteiger partial charge in [0.1, 0.15) is 11.4 Å². The van der Waals surface area contributed by atoms with E-state index in [4.69, 9.17) is 8.94 Å². The number of amides is 1. The number of nitrogens with one attached hydrogen (secondary N) is 1. The number of carbonyl (C=O) groups is 1. The number of hydrogen-bond donors (Lipinski definition) is 1. The zero-order valence-corrected chi connectivity index (χ0v) is 13.3. The quantitative estimate of drug-likeness (QED) is 0.608. The number of benzene rings is 1. The van der Waals surface area contributed by atoms with Crippen molar-refractivity contribution in [2.24, 2.45) is 0 Å². The first-order chi connectivity index (χ1) is 11.7. The van der Waals surface area contributed by atoms with Crippen LogP contribution in [-0.2, 0) is 11.2 Å². The van der Waals surface area contributed by atoms with Crippen molar-refractivity contribution < 1.29 is 13.7 Å². The number of fused-ring (bicyclic) bond motifs is 1. The average molecular weight is 341 g/mol. The Morgan fingerprint density at radius 2 is 2.17 bits per heavy atom. The van der Waals surface area contributed by atoms with Crippen molar-refractivity contribution in [3.8, 4) is 11.6 Å². The zero-order chi connectivity index (χ0) is 16.5. The van der Waals surface area contributed by atoms with Crippen LogP contribution in [0.5, 0.6) is 0 Å². The third-order valence-electron chi connectivity index (χ3n) is 3.29. The van der Waals surface area contributed by atoms with Gasteiger partial charge in [0, 0.05) is 10.8 Å². The number of rotatable bonds is 4. The van der Waals surface area contributed by atoms with Crippen molar-refractivity contribution in [3.63, 3.8) is 0 Å². The lowest BCUT2D eigenvalue weighted by Crippen LogP contribution is -2.15. The molecule has 0 unspecified atom stereocenters. The van der Waals surface area contributed by atoms with Gasteiger partial charge in [-0.1, -0.05) is 22.4 Å². The fourth-order valence-corrected chi connectivity index (χ4v) is 2.81. The van der Waals surface area contributed by atoms with E-state index in [-0.39, 0.29) is 24.2 Å². The lowest BCUT2D eigenvalue weighted by Gasteiger charge is -1.97.